The second-order valence-electron chi connectivity index (χ2n) is 6.31. The summed E-state index contributed by atoms with van der Waals surface area (Å²) in [6.07, 6.45) is 4.10. The van der Waals surface area contributed by atoms with Crippen LogP contribution < -0.4 is 0 Å². The van der Waals surface area contributed by atoms with Crippen molar-refractivity contribution >= 4 is 168 Å². The van der Waals surface area contributed by atoms with Crippen molar-refractivity contribution in [2.45, 2.75) is 39.5 Å². The van der Waals surface area contributed by atoms with Crippen LogP contribution in [-0.4, -0.2) is 31.9 Å². The van der Waals surface area contributed by atoms with Gasteiger partial charge >= 0.3 is 131 Å². The van der Waals surface area contributed by atoms with Gasteiger partial charge in [-0.05, 0) is 79.2 Å². The zero-order chi connectivity index (χ0) is 27.6. The van der Waals surface area contributed by atoms with Gasteiger partial charge in [-0.1, -0.05) is 11.6 Å². The van der Waals surface area contributed by atoms with E-state index in [1.807, 2.05) is 0 Å². The first-order chi connectivity index (χ1) is 15.5. The summed E-state index contributed by atoms with van der Waals surface area (Å²) in [5.74, 6) is -0.687. The number of ketones is 1. The minimum absolute atomic E-state index is 0.0388. The molecule has 0 aromatic carbocycles. The van der Waals surface area contributed by atoms with Crippen LogP contribution in [0.3, 0.4) is 0 Å². The van der Waals surface area contributed by atoms with E-state index in [0.717, 1.165) is 25.7 Å². The molecule has 2 rings (SSSR count). The summed E-state index contributed by atoms with van der Waals surface area (Å²) in [5.41, 5.74) is 0.552. The van der Waals surface area contributed by atoms with E-state index in [1.165, 1.54) is 14.2 Å². The fourth-order valence-electron chi connectivity index (χ4n) is 1.91. The first-order valence-electron chi connectivity index (χ1n) is 8.93. The third-order valence-electron chi connectivity index (χ3n) is 3.75. The topological polar surface area (TPSA) is 86.7 Å². The molecule has 0 heterocycles. The van der Waals surface area contributed by atoms with E-state index in [2.05, 4.69) is 143 Å². The van der Waals surface area contributed by atoms with Crippen molar-refractivity contribution in [3.05, 3.63) is 10.6 Å². The van der Waals surface area contributed by atoms with Gasteiger partial charge in [0.1, 0.15) is 11.7 Å². The molecule has 2 saturated carbocycles. The molecule has 0 aliphatic heterocycles. The van der Waals surface area contributed by atoms with Gasteiger partial charge in [-0.25, -0.2) is 4.79 Å². The van der Waals surface area contributed by atoms with Gasteiger partial charge in [0.05, 0.1) is 14.2 Å². The zero-order valence-electron chi connectivity index (χ0n) is 18.3. The summed E-state index contributed by atoms with van der Waals surface area (Å²) >= 11 is 31.9. The second kappa shape index (κ2) is 25.3. The third-order valence-corrected chi connectivity index (χ3v) is 4.34. The number of ether oxygens (including phenoxy) is 2. The minimum atomic E-state index is -3.22. The molecule has 1 atom stereocenters. The molecule has 0 bridgehead atoms. The summed E-state index contributed by atoms with van der Waals surface area (Å²) in [7, 11) is 3.30. The van der Waals surface area contributed by atoms with Crippen LogP contribution in [0.4, 0.5) is 0 Å². The Balaban J connectivity index is -0.000000390. The molecule has 0 aromatic rings. The van der Waals surface area contributed by atoms with Crippen LogP contribution >= 0.6 is 150 Å². The number of carbonyl (C=O) groups is 3. The van der Waals surface area contributed by atoms with E-state index < -0.39 is 17.1 Å². The van der Waals surface area contributed by atoms with E-state index in [-0.39, 0.29) is 22.6 Å². The van der Waals surface area contributed by atoms with E-state index >= 15 is 0 Å². The van der Waals surface area contributed by atoms with Crippen molar-refractivity contribution in [3.8, 4) is 0 Å². The summed E-state index contributed by atoms with van der Waals surface area (Å²) in [6.45, 7) is 3.30. The first kappa shape index (κ1) is 43.0. The molecule has 0 amide bonds. The maximum absolute atomic E-state index is 11.2. The molecule has 0 aromatic heterocycles. The Hall–Kier alpha value is 4.56. The van der Waals surface area contributed by atoms with Crippen molar-refractivity contribution in [1.29, 1.82) is 0 Å². The Labute approximate surface area is 287 Å². The average Bonchev–Trinajstić information content (AvgIpc) is 3.62. The molecule has 201 valence electrons. The fourth-order valence-corrected chi connectivity index (χ4v) is 2.20. The molecule has 6 nitrogen and oxygen atoms in total. The summed E-state index contributed by atoms with van der Waals surface area (Å²) < 4.78 is 18.5. The maximum atomic E-state index is 11.2. The molecule has 2 fully saturated rings. The summed E-state index contributed by atoms with van der Waals surface area (Å²) in [6, 6.07) is 0. The van der Waals surface area contributed by atoms with Crippen molar-refractivity contribution in [2.75, 3.05) is 14.2 Å². The Morgan fingerprint density at radius 1 is 0.971 bits per heavy atom. The van der Waals surface area contributed by atoms with Crippen LogP contribution in [0, 0.1) is 17.8 Å². The van der Waals surface area contributed by atoms with Gasteiger partial charge in [-0.2, -0.15) is 0 Å². The Morgan fingerprint density at radius 3 is 1.53 bits per heavy atom. The Bertz CT molecular complexity index is 698. The molecule has 0 saturated heterocycles. The van der Waals surface area contributed by atoms with Crippen LogP contribution in [0.5, 0.6) is 0 Å². The van der Waals surface area contributed by atoms with E-state index in [4.69, 9.17) is 11.6 Å². The van der Waals surface area contributed by atoms with Gasteiger partial charge in [-0.3, -0.25) is 14.2 Å². The number of hydrogen-bond acceptors (Lipinski definition) is 6. The zero-order valence-corrected chi connectivity index (χ0v) is 35.8. The number of carbonyl (C=O) groups excluding carboxylic acids is 3. The molecule has 1 unspecified atom stereocenters. The second-order valence-corrected chi connectivity index (χ2v) is 60.5. The van der Waals surface area contributed by atoms with Crippen molar-refractivity contribution in [3.63, 3.8) is 0 Å². The molecule has 0 N–H and O–H groups in total. The van der Waals surface area contributed by atoms with Crippen molar-refractivity contribution in [1.82, 2.24) is 0 Å². The number of allylic oxidation sites excluding steroid dienone is 1. The van der Waals surface area contributed by atoms with E-state index in [1.54, 1.807) is 13.8 Å². The average molecular weight is 1220 g/mol. The predicted molar refractivity (Wildman–Crippen MR) is 177 cm³/mol. The molecule has 0 radical (unpaired) electrons. The number of methoxy groups -OCH3 is 2. The van der Waals surface area contributed by atoms with Gasteiger partial charge in [0, 0.05) is 16.5 Å². The summed E-state index contributed by atoms with van der Waals surface area (Å²) in [4.78, 5) is 32.7. The van der Waals surface area contributed by atoms with Gasteiger partial charge in [0.15, 0.2) is 0 Å². The van der Waals surface area contributed by atoms with Crippen LogP contribution in [-0.2, 0) is 42.8 Å². The summed E-state index contributed by atoms with van der Waals surface area (Å²) in [5, 5.41) is -2.54. The van der Waals surface area contributed by atoms with Crippen LogP contribution in [0.25, 0.3) is 0 Å². The fraction of sp³-hybridized carbons (Fsp3) is 0.688. The number of halogens is 9. The Morgan fingerprint density at radius 2 is 1.29 bits per heavy atom. The molecule has 2 aliphatic carbocycles. The Kier molecular flexibility index (Phi) is 32.0. The van der Waals surface area contributed by atoms with E-state index in [0.29, 0.717) is 26.0 Å². The quantitative estimate of drug-likeness (QED) is 0.0897. The molecular weight excluding hydrogens is 1200 g/mol. The number of esters is 2. The first-order valence-corrected chi connectivity index (χ1v) is 36.3. The van der Waals surface area contributed by atoms with Crippen LogP contribution in [0.15, 0.2) is 10.6 Å². The molecule has 34 heavy (non-hydrogen) atoms. The van der Waals surface area contributed by atoms with Crippen molar-refractivity contribution in [2.24, 2.45) is 17.8 Å². The standard InChI is InChI=1S/C8H11ClO2.C8H12O3.Cl3OP.5HI.2V/c2*1-5(8(10)11-2)7(9)6-3-4-6;1-5(2,3)4;;;;;;;/h6H,3-4H2,1-2H3;5-6H,3-4H2,1-2H3;;5*1H;;/q;;;;;;;;+2;+3/p-5/b7-5+;;;;;;;;;. The molecular formula is C16H23Cl4I5O6PV2. The van der Waals surface area contributed by atoms with Crippen molar-refractivity contribution < 1.29 is 42.8 Å². The molecule has 18 heteroatoms. The monoisotopic (exact) mass is 1220 g/mol. The SMILES string of the molecule is COC(=O)/C(C)=C(/Cl)C1CC1.COC(=O)C(C)C(=O)C1CC1.O=P(Cl)(Cl)Cl.[I][V]([I])[I].[I][V][I]. The van der Waals surface area contributed by atoms with Gasteiger partial charge < -0.3 is 9.47 Å². The number of hydrogen-bond donors (Lipinski definition) is 0. The van der Waals surface area contributed by atoms with Gasteiger partial charge in [-0.15, -0.1) is 0 Å². The van der Waals surface area contributed by atoms with Gasteiger partial charge in [0.2, 0.25) is 0 Å². The van der Waals surface area contributed by atoms with E-state index in [9.17, 15) is 18.9 Å². The van der Waals surface area contributed by atoms with Gasteiger partial charge in [0.25, 0.3) is 0 Å². The molecule has 0 spiro atoms. The van der Waals surface area contributed by atoms with Crippen LogP contribution in [0.2, 0.25) is 0 Å². The van der Waals surface area contributed by atoms with Crippen LogP contribution in [0.1, 0.15) is 39.5 Å². The normalized spacial score (nSPS) is 15.6. The third kappa shape index (κ3) is 31.1. The number of rotatable bonds is 5. The predicted octanol–water partition coefficient (Wildman–Crippen LogP) is 10.1. The molecule has 2 aliphatic rings. The number of Topliss-reactive ketones (excluding diaryl/α,β-unsaturated/α-hetero) is 1.